The van der Waals surface area contributed by atoms with Crippen molar-refractivity contribution in [1.29, 1.82) is 0 Å². The molecule has 4 rings (SSSR count). The van der Waals surface area contributed by atoms with Crippen LogP contribution >= 0.6 is 0 Å². The van der Waals surface area contributed by atoms with Gasteiger partial charge in [-0.25, -0.2) is 4.79 Å². The number of benzene rings is 1. The summed E-state index contributed by atoms with van der Waals surface area (Å²) < 4.78 is 5.43. The summed E-state index contributed by atoms with van der Waals surface area (Å²) in [5.41, 5.74) is 5.34. The van der Waals surface area contributed by atoms with Gasteiger partial charge in [0.1, 0.15) is 11.4 Å². The molecule has 0 fully saturated rings. The Morgan fingerprint density at radius 1 is 1.09 bits per heavy atom. The van der Waals surface area contributed by atoms with Crippen LogP contribution in [0.15, 0.2) is 47.8 Å². The van der Waals surface area contributed by atoms with E-state index in [1.807, 2.05) is 24.4 Å². The molecule has 4 nitrogen and oxygen atoms in total. The van der Waals surface area contributed by atoms with Gasteiger partial charge in [0.25, 0.3) is 0 Å². The average molecular weight is 294 g/mol. The Labute approximate surface area is 129 Å². The van der Waals surface area contributed by atoms with E-state index >= 15 is 0 Å². The molecule has 0 atom stereocenters. The van der Waals surface area contributed by atoms with Crippen LogP contribution in [-0.2, 0) is 6.42 Å². The Morgan fingerprint density at radius 3 is 2.77 bits per heavy atom. The first-order valence-electron chi connectivity index (χ1n) is 7.76. The van der Waals surface area contributed by atoms with E-state index in [-0.39, 0.29) is 5.97 Å². The zero-order valence-electron chi connectivity index (χ0n) is 12.3. The monoisotopic (exact) mass is 294 g/mol. The van der Waals surface area contributed by atoms with Gasteiger partial charge in [0.05, 0.1) is 5.69 Å². The van der Waals surface area contributed by atoms with E-state index in [1.54, 1.807) is 12.1 Å². The van der Waals surface area contributed by atoms with Gasteiger partial charge in [0, 0.05) is 11.9 Å². The maximum Gasteiger partial charge on any atom is 0.362 e. The van der Waals surface area contributed by atoms with Gasteiger partial charge in [-0.05, 0) is 55.4 Å². The molecule has 2 aliphatic rings. The number of rotatable bonds is 2. The zero-order valence-corrected chi connectivity index (χ0v) is 12.3. The van der Waals surface area contributed by atoms with E-state index in [9.17, 15) is 4.79 Å². The Kier molecular flexibility index (Phi) is 3.22. The van der Waals surface area contributed by atoms with Crippen molar-refractivity contribution in [3.05, 3.63) is 59.1 Å². The number of ether oxygens (including phenoxy) is 1. The second-order valence-electron chi connectivity index (χ2n) is 5.86. The number of aromatic amines is 1. The van der Waals surface area contributed by atoms with Crippen LogP contribution in [0.2, 0.25) is 0 Å². The molecule has 112 valence electrons. The summed E-state index contributed by atoms with van der Waals surface area (Å²) in [6.45, 7) is 0. The fourth-order valence-electron chi connectivity index (χ4n) is 3.25. The lowest BCUT2D eigenvalue weighted by Crippen LogP contribution is -2.18. The normalized spacial score (nSPS) is 16.5. The Balaban J connectivity index is 1.59. The van der Waals surface area contributed by atoms with E-state index in [1.165, 1.54) is 24.1 Å². The smallest absolute Gasteiger partial charge is 0.362 e. The Hall–Kier alpha value is -2.49. The van der Waals surface area contributed by atoms with Gasteiger partial charge in [-0.3, -0.25) is 0 Å². The lowest BCUT2D eigenvalue weighted by molar-refractivity contribution is 0.0730. The van der Waals surface area contributed by atoms with Crippen LogP contribution < -0.4 is 10.1 Å². The molecule has 0 saturated heterocycles. The standard InChI is InChI=1S/C18H18N2O2/c21-18(22-14-7-2-1-3-8-14)17-16-13(11-19-17)10-12-6-4-5-9-15(12)20-16/h1-3,7-8,11,19-20H,4-6,9-10H2. The number of H-pyrrole nitrogens is 1. The lowest BCUT2D eigenvalue weighted by Gasteiger charge is -2.26. The average Bonchev–Trinajstić information content (AvgIpc) is 2.96. The largest absolute Gasteiger partial charge is 0.422 e. The third kappa shape index (κ3) is 2.30. The number of allylic oxidation sites excluding steroid dienone is 2. The van der Waals surface area contributed by atoms with Crippen molar-refractivity contribution in [3.63, 3.8) is 0 Å². The maximum absolute atomic E-state index is 12.4. The summed E-state index contributed by atoms with van der Waals surface area (Å²) in [7, 11) is 0. The van der Waals surface area contributed by atoms with Gasteiger partial charge in [-0.2, -0.15) is 0 Å². The number of anilines is 1. The van der Waals surface area contributed by atoms with E-state index in [4.69, 9.17) is 4.74 Å². The van der Waals surface area contributed by atoms with Crippen molar-refractivity contribution in [2.45, 2.75) is 32.1 Å². The molecule has 1 aromatic heterocycles. The minimum Gasteiger partial charge on any atom is -0.422 e. The fraction of sp³-hybridized carbons (Fsp3) is 0.278. The lowest BCUT2D eigenvalue weighted by atomic mass is 9.89. The molecule has 1 aromatic carbocycles. The second-order valence-corrected chi connectivity index (χ2v) is 5.86. The molecule has 4 heteroatoms. The summed E-state index contributed by atoms with van der Waals surface area (Å²) >= 11 is 0. The first-order valence-corrected chi connectivity index (χ1v) is 7.76. The van der Waals surface area contributed by atoms with Gasteiger partial charge in [-0.15, -0.1) is 0 Å². The molecule has 0 spiro atoms. The van der Waals surface area contributed by atoms with Gasteiger partial charge in [0.2, 0.25) is 0 Å². The number of carbonyl (C=O) groups excluding carboxylic acids is 1. The molecule has 0 saturated carbocycles. The predicted octanol–water partition coefficient (Wildman–Crippen LogP) is 4.03. The highest BCUT2D eigenvalue weighted by Crippen LogP contribution is 2.37. The van der Waals surface area contributed by atoms with Crippen LogP contribution in [0.1, 0.15) is 41.7 Å². The number of aromatic nitrogens is 1. The van der Waals surface area contributed by atoms with Crippen molar-refractivity contribution in [1.82, 2.24) is 4.98 Å². The Bertz CT molecular complexity index is 744. The number of para-hydroxylation sites is 1. The third-order valence-electron chi connectivity index (χ3n) is 4.38. The summed E-state index contributed by atoms with van der Waals surface area (Å²) in [6.07, 6.45) is 7.58. The van der Waals surface area contributed by atoms with Crippen LogP contribution in [-0.4, -0.2) is 11.0 Å². The van der Waals surface area contributed by atoms with Gasteiger partial charge >= 0.3 is 5.97 Å². The quantitative estimate of drug-likeness (QED) is 0.649. The highest BCUT2D eigenvalue weighted by atomic mass is 16.5. The van der Waals surface area contributed by atoms with E-state index in [2.05, 4.69) is 10.3 Å². The molecular formula is C18H18N2O2. The van der Waals surface area contributed by atoms with Gasteiger partial charge in [-0.1, -0.05) is 18.2 Å². The number of fused-ring (bicyclic) bond motifs is 1. The van der Waals surface area contributed by atoms with Crippen LogP contribution in [0.25, 0.3) is 0 Å². The van der Waals surface area contributed by atoms with E-state index in [0.29, 0.717) is 11.4 Å². The molecule has 1 aliphatic carbocycles. The van der Waals surface area contributed by atoms with Crippen molar-refractivity contribution < 1.29 is 9.53 Å². The Morgan fingerprint density at radius 2 is 1.91 bits per heavy atom. The molecule has 0 unspecified atom stereocenters. The maximum atomic E-state index is 12.4. The van der Waals surface area contributed by atoms with Crippen LogP contribution in [0.4, 0.5) is 5.69 Å². The summed E-state index contributed by atoms with van der Waals surface area (Å²) in [6, 6.07) is 9.16. The number of esters is 1. The summed E-state index contributed by atoms with van der Waals surface area (Å²) in [5, 5.41) is 3.46. The van der Waals surface area contributed by atoms with Gasteiger partial charge in [0.15, 0.2) is 0 Å². The number of hydrogen-bond donors (Lipinski definition) is 2. The third-order valence-corrected chi connectivity index (χ3v) is 4.38. The molecule has 0 amide bonds. The molecule has 2 N–H and O–H groups in total. The van der Waals surface area contributed by atoms with E-state index < -0.39 is 0 Å². The molecule has 1 aliphatic heterocycles. The molecule has 2 aromatic rings. The molecular weight excluding hydrogens is 276 g/mol. The van der Waals surface area contributed by atoms with Crippen LogP contribution in [0, 0.1) is 0 Å². The highest BCUT2D eigenvalue weighted by Gasteiger charge is 2.26. The van der Waals surface area contributed by atoms with Crippen LogP contribution in [0.3, 0.4) is 0 Å². The fourth-order valence-corrected chi connectivity index (χ4v) is 3.25. The highest BCUT2D eigenvalue weighted by molar-refractivity contribution is 5.96. The number of hydrogen-bond acceptors (Lipinski definition) is 3. The number of nitrogens with one attached hydrogen (secondary N) is 2. The summed E-state index contributed by atoms with van der Waals surface area (Å²) in [5.74, 6) is 0.212. The molecule has 0 radical (unpaired) electrons. The number of carbonyl (C=O) groups is 1. The van der Waals surface area contributed by atoms with Crippen molar-refractivity contribution >= 4 is 11.7 Å². The van der Waals surface area contributed by atoms with E-state index in [0.717, 1.165) is 30.5 Å². The SMILES string of the molecule is O=C(Oc1ccccc1)c1[nH]cc2c1NC1=C(CCCC1)C2. The van der Waals surface area contributed by atoms with Gasteiger partial charge < -0.3 is 15.0 Å². The zero-order chi connectivity index (χ0) is 14.9. The second kappa shape index (κ2) is 5.37. The van der Waals surface area contributed by atoms with Crippen molar-refractivity contribution in [3.8, 4) is 5.75 Å². The minimum absolute atomic E-state index is 0.347. The molecule has 2 heterocycles. The topological polar surface area (TPSA) is 54.1 Å². The van der Waals surface area contributed by atoms with Crippen molar-refractivity contribution in [2.75, 3.05) is 5.32 Å². The first kappa shape index (κ1) is 13.2. The van der Waals surface area contributed by atoms with Crippen LogP contribution in [0.5, 0.6) is 5.75 Å². The van der Waals surface area contributed by atoms with Crippen molar-refractivity contribution in [2.24, 2.45) is 0 Å². The minimum atomic E-state index is -0.347. The summed E-state index contributed by atoms with van der Waals surface area (Å²) in [4.78, 5) is 15.5. The molecule has 22 heavy (non-hydrogen) atoms. The predicted molar refractivity (Wildman–Crippen MR) is 85.0 cm³/mol. The molecule has 0 bridgehead atoms. The first-order chi connectivity index (χ1) is 10.8.